The van der Waals surface area contributed by atoms with Gasteiger partial charge in [0.15, 0.2) is 5.71 Å². The molecule has 0 aliphatic carbocycles. The van der Waals surface area contributed by atoms with Crippen LogP contribution in [0.2, 0.25) is 0 Å². The van der Waals surface area contributed by atoms with E-state index in [0.29, 0.717) is 0 Å². The maximum Gasteiger partial charge on any atom is 0.356 e. The molecule has 4 heteroatoms. The molecule has 1 rings (SSSR count). The maximum atomic E-state index is 10.5. The molecule has 1 aromatic rings. The minimum Gasteiger partial charge on any atom is -0.476 e. The van der Waals surface area contributed by atoms with Crippen molar-refractivity contribution in [3.05, 3.63) is 42.0 Å². The van der Waals surface area contributed by atoms with Crippen LogP contribution in [0.1, 0.15) is 5.56 Å². The first-order valence-electron chi connectivity index (χ1n) is 3.98. The Hall–Kier alpha value is -2.10. The third kappa shape index (κ3) is 2.75. The van der Waals surface area contributed by atoms with Crippen LogP contribution in [0.15, 0.2) is 41.5 Å². The first-order chi connectivity index (χ1) is 6.74. The molecule has 0 fully saturated rings. The Morgan fingerprint density at radius 1 is 1.36 bits per heavy atom. The summed E-state index contributed by atoms with van der Waals surface area (Å²) in [7, 11) is 0. The summed E-state index contributed by atoms with van der Waals surface area (Å²) < 4.78 is 0. The Morgan fingerprint density at radius 3 is 2.50 bits per heavy atom. The highest BCUT2D eigenvalue weighted by Gasteiger charge is 2.02. The van der Waals surface area contributed by atoms with Gasteiger partial charge >= 0.3 is 5.97 Å². The second kappa shape index (κ2) is 4.81. The molecule has 0 bridgehead atoms. The van der Waals surface area contributed by atoms with Crippen LogP contribution in [0.25, 0.3) is 6.08 Å². The largest absolute Gasteiger partial charge is 0.476 e. The van der Waals surface area contributed by atoms with Crippen molar-refractivity contribution in [2.45, 2.75) is 0 Å². The van der Waals surface area contributed by atoms with E-state index in [4.69, 9.17) is 10.9 Å². The van der Waals surface area contributed by atoms with E-state index in [0.717, 1.165) is 5.56 Å². The number of rotatable bonds is 3. The van der Waals surface area contributed by atoms with Gasteiger partial charge in [-0.2, -0.15) is 5.10 Å². The molecule has 1 aromatic carbocycles. The van der Waals surface area contributed by atoms with Crippen LogP contribution < -0.4 is 5.84 Å². The van der Waals surface area contributed by atoms with E-state index in [2.05, 4.69) is 5.10 Å². The second-order valence-electron chi connectivity index (χ2n) is 2.56. The highest BCUT2D eigenvalue weighted by Crippen LogP contribution is 2.00. The molecule has 0 radical (unpaired) electrons. The first-order valence-corrected chi connectivity index (χ1v) is 3.98. The number of hydrazone groups is 1. The minimum atomic E-state index is -1.14. The van der Waals surface area contributed by atoms with Gasteiger partial charge in [0, 0.05) is 0 Å². The minimum absolute atomic E-state index is 0.172. The van der Waals surface area contributed by atoms with E-state index in [9.17, 15) is 4.79 Å². The molecular weight excluding hydrogens is 180 g/mol. The lowest BCUT2D eigenvalue weighted by Gasteiger charge is -1.92. The summed E-state index contributed by atoms with van der Waals surface area (Å²) in [6, 6.07) is 9.31. The number of carbonyl (C=O) groups is 1. The monoisotopic (exact) mass is 190 g/mol. The molecule has 0 aliphatic rings. The topological polar surface area (TPSA) is 75.7 Å². The average Bonchev–Trinajstić information content (AvgIpc) is 2.20. The summed E-state index contributed by atoms with van der Waals surface area (Å²) in [5, 5.41) is 11.7. The van der Waals surface area contributed by atoms with Crippen molar-refractivity contribution >= 4 is 17.8 Å². The van der Waals surface area contributed by atoms with Crippen LogP contribution >= 0.6 is 0 Å². The molecule has 4 nitrogen and oxygen atoms in total. The van der Waals surface area contributed by atoms with Crippen LogP contribution in [-0.2, 0) is 4.79 Å². The third-order valence-electron chi connectivity index (χ3n) is 1.59. The zero-order valence-corrected chi connectivity index (χ0v) is 7.42. The smallest absolute Gasteiger partial charge is 0.356 e. The lowest BCUT2D eigenvalue weighted by Crippen LogP contribution is -2.11. The van der Waals surface area contributed by atoms with E-state index in [1.54, 1.807) is 6.08 Å². The van der Waals surface area contributed by atoms with Gasteiger partial charge in [-0.25, -0.2) is 4.79 Å². The number of hydrogen-bond acceptors (Lipinski definition) is 3. The number of hydrogen-bond donors (Lipinski definition) is 2. The van der Waals surface area contributed by atoms with Crippen LogP contribution in [0.4, 0.5) is 0 Å². The van der Waals surface area contributed by atoms with Gasteiger partial charge in [-0.3, -0.25) is 0 Å². The number of carboxylic acid groups (broad SMARTS) is 1. The lowest BCUT2D eigenvalue weighted by atomic mass is 10.2. The van der Waals surface area contributed by atoms with Crippen molar-refractivity contribution in [3.63, 3.8) is 0 Å². The Kier molecular flexibility index (Phi) is 3.43. The highest BCUT2D eigenvalue weighted by atomic mass is 16.4. The van der Waals surface area contributed by atoms with Gasteiger partial charge in [-0.15, -0.1) is 0 Å². The Labute approximate surface area is 81.4 Å². The molecule has 3 N–H and O–H groups in total. The SMILES string of the molecule is N/N=C(/C=C/c1ccccc1)C(=O)O. The van der Waals surface area contributed by atoms with E-state index in [-0.39, 0.29) is 5.71 Å². The van der Waals surface area contributed by atoms with E-state index in [1.165, 1.54) is 6.08 Å². The molecule has 0 unspecified atom stereocenters. The average molecular weight is 190 g/mol. The summed E-state index contributed by atoms with van der Waals surface area (Å²) in [6.45, 7) is 0. The van der Waals surface area contributed by atoms with Crippen molar-refractivity contribution in [3.8, 4) is 0 Å². The fourth-order valence-corrected chi connectivity index (χ4v) is 0.909. The molecule has 0 saturated carbocycles. The van der Waals surface area contributed by atoms with Gasteiger partial charge in [0.05, 0.1) is 0 Å². The molecular formula is C10H10N2O2. The predicted molar refractivity (Wildman–Crippen MR) is 54.7 cm³/mol. The van der Waals surface area contributed by atoms with Crippen LogP contribution in [0, 0.1) is 0 Å². The quantitative estimate of drug-likeness (QED) is 0.425. The summed E-state index contributed by atoms with van der Waals surface area (Å²) in [5.74, 6) is 3.75. The van der Waals surface area contributed by atoms with Crippen molar-refractivity contribution < 1.29 is 9.90 Å². The van der Waals surface area contributed by atoms with Gasteiger partial charge in [0.1, 0.15) is 0 Å². The summed E-state index contributed by atoms with van der Waals surface area (Å²) >= 11 is 0. The molecule has 0 amide bonds. The zero-order valence-electron chi connectivity index (χ0n) is 7.42. The van der Waals surface area contributed by atoms with Crippen molar-refractivity contribution in [2.24, 2.45) is 10.9 Å². The van der Waals surface area contributed by atoms with Gasteiger partial charge in [-0.05, 0) is 11.6 Å². The van der Waals surface area contributed by atoms with Gasteiger partial charge in [0.2, 0.25) is 0 Å². The molecule has 0 aromatic heterocycles. The maximum absolute atomic E-state index is 10.5. The molecule has 14 heavy (non-hydrogen) atoms. The zero-order chi connectivity index (χ0) is 10.4. The number of aliphatic carboxylic acids is 1. The standard InChI is InChI=1S/C10H10N2O2/c11-12-9(10(13)14)7-6-8-4-2-1-3-5-8/h1-7H,11H2,(H,13,14)/b7-6+,12-9-. The van der Waals surface area contributed by atoms with Crippen LogP contribution in [-0.4, -0.2) is 16.8 Å². The Balaban J connectivity index is 2.78. The van der Waals surface area contributed by atoms with E-state index < -0.39 is 5.97 Å². The molecule has 0 saturated heterocycles. The van der Waals surface area contributed by atoms with Crippen LogP contribution in [0.5, 0.6) is 0 Å². The van der Waals surface area contributed by atoms with Crippen molar-refractivity contribution in [1.82, 2.24) is 0 Å². The molecule has 0 spiro atoms. The summed E-state index contributed by atoms with van der Waals surface area (Å²) in [4.78, 5) is 10.5. The molecule has 0 aliphatic heterocycles. The Morgan fingerprint density at radius 2 is 2.00 bits per heavy atom. The first kappa shape index (κ1) is 9.98. The summed E-state index contributed by atoms with van der Waals surface area (Å²) in [6.07, 6.45) is 3.00. The molecule has 0 atom stereocenters. The van der Waals surface area contributed by atoms with E-state index >= 15 is 0 Å². The Bertz CT molecular complexity index is 369. The van der Waals surface area contributed by atoms with E-state index in [1.807, 2.05) is 30.3 Å². The van der Waals surface area contributed by atoms with Crippen molar-refractivity contribution in [2.75, 3.05) is 0 Å². The fraction of sp³-hybridized carbons (Fsp3) is 0. The van der Waals surface area contributed by atoms with Crippen molar-refractivity contribution in [1.29, 1.82) is 0 Å². The fourth-order valence-electron chi connectivity index (χ4n) is 0.909. The van der Waals surface area contributed by atoms with Gasteiger partial charge in [-0.1, -0.05) is 36.4 Å². The number of carboxylic acids is 1. The number of nitrogens with zero attached hydrogens (tertiary/aromatic N) is 1. The normalized spacial score (nSPS) is 11.9. The third-order valence-corrected chi connectivity index (χ3v) is 1.59. The number of nitrogens with two attached hydrogens (primary N) is 1. The van der Waals surface area contributed by atoms with Gasteiger partial charge < -0.3 is 10.9 Å². The van der Waals surface area contributed by atoms with Crippen LogP contribution in [0.3, 0.4) is 0 Å². The second-order valence-corrected chi connectivity index (χ2v) is 2.56. The highest BCUT2D eigenvalue weighted by molar-refractivity contribution is 6.41. The molecule has 72 valence electrons. The lowest BCUT2D eigenvalue weighted by molar-refractivity contribution is -0.129. The van der Waals surface area contributed by atoms with Gasteiger partial charge in [0.25, 0.3) is 0 Å². The predicted octanol–water partition coefficient (Wildman–Crippen LogP) is 1.10. The number of benzene rings is 1. The summed E-state index contributed by atoms with van der Waals surface area (Å²) in [5.41, 5.74) is 0.726. The molecule has 0 heterocycles.